The molecule has 0 bridgehead atoms. The normalized spacial score (nSPS) is 12.0. The van der Waals surface area contributed by atoms with Crippen LogP contribution in [0.15, 0.2) is 51.2 Å². The summed E-state index contributed by atoms with van der Waals surface area (Å²) < 4.78 is 6.28. The molecule has 0 radical (unpaired) electrons. The maximum atomic E-state index is 12.3. The van der Waals surface area contributed by atoms with Gasteiger partial charge in [0.25, 0.3) is 5.56 Å². The smallest absolute Gasteiger partial charge is 0.290 e. The summed E-state index contributed by atoms with van der Waals surface area (Å²) in [5.41, 5.74) is 5.93. The summed E-state index contributed by atoms with van der Waals surface area (Å²) in [5.74, 6) is 0.284. The van der Waals surface area contributed by atoms with Gasteiger partial charge in [0, 0.05) is 0 Å². The molecular formula is C16H16N4O3S. The molecule has 1 unspecified atom stereocenters. The van der Waals surface area contributed by atoms with Crippen molar-refractivity contribution in [2.45, 2.75) is 19.5 Å². The number of amides is 1. The number of anilines is 1. The Labute approximate surface area is 141 Å². The summed E-state index contributed by atoms with van der Waals surface area (Å²) in [6, 6.07) is 7.98. The second-order valence-electron chi connectivity index (χ2n) is 5.19. The largest absolute Gasteiger partial charge is 0.467 e. The maximum Gasteiger partial charge on any atom is 0.290 e. The first-order valence-corrected chi connectivity index (χ1v) is 8.17. The third-order valence-electron chi connectivity index (χ3n) is 3.50. The second-order valence-corrected chi connectivity index (χ2v) is 6.13. The van der Waals surface area contributed by atoms with Gasteiger partial charge in [0.05, 0.1) is 17.7 Å². The van der Waals surface area contributed by atoms with E-state index in [9.17, 15) is 9.59 Å². The van der Waals surface area contributed by atoms with E-state index in [0.717, 1.165) is 9.56 Å². The van der Waals surface area contributed by atoms with Gasteiger partial charge < -0.3 is 15.5 Å². The molecule has 0 saturated carbocycles. The molecule has 7 nitrogen and oxygen atoms in total. The zero-order valence-corrected chi connectivity index (χ0v) is 13.7. The molecule has 1 amide bonds. The van der Waals surface area contributed by atoms with Gasteiger partial charge in [0.15, 0.2) is 0 Å². The number of carbonyl (C=O) groups is 1. The van der Waals surface area contributed by atoms with Crippen LogP contribution in [0.2, 0.25) is 0 Å². The van der Waals surface area contributed by atoms with E-state index in [1.165, 1.54) is 23.7 Å². The Kier molecular flexibility index (Phi) is 4.48. The molecule has 1 atom stereocenters. The summed E-state index contributed by atoms with van der Waals surface area (Å²) in [5, 5.41) is 8.91. The summed E-state index contributed by atoms with van der Waals surface area (Å²) in [7, 11) is 0. The average Bonchev–Trinajstić information content (AvgIpc) is 3.27. The van der Waals surface area contributed by atoms with E-state index in [2.05, 4.69) is 10.4 Å². The number of furan rings is 1. The van der Waals surface area contributed by atoms with Crippen LogP contribution in [0.3, 0.4) is 0 Å². The minimum absolute atomic E-state index is 0.0547. The Bertz CT molecular complexity index is 885. The molecule has 0 aliphatic carbocycles. The predicted octanol–water partition coefficient (Wildman–Crippen LogP) is 2.02. The fourth-order valence-electron chi connectivity index (χ4n) is 2.19. The van der Waals surface area contributed by atoms with Crippen molar-refractivity contribution < 1.29 is 9.21 Å². The van der Waals surface area contributed by atoms with Crippen molar-refractivity contribution in [2.24, 2.45) is 0 Å². The number of aromatic nitrogens is 2. The van der Waals surface area contributed by atoms with Gasteiger partial charge in [-0.25, -0.2) is 4.68 Å². The van der Waals surface area contributed by atoms with E-state index in [-0.39, 0.29) is 18.1 Å². The minimum atomic E-state index is -0.797. The van der Waals surface area contributed by atoms with E-state index >= 15 is 0 Å². The van der Waals surface area contributed by atoms with E-state index < -0.39 is 11.6 Å². The van der Waals surface area contributed by atoms with Gasteiger partial charge in [-0.2, -0.15) is 5.10 Å². The number of thiophene rings is 1. The average molecular weight is 344 g/mol. The van der Waals surface area contributed by atoms with Gasteiger partial charge in [-0.15, -0.1) is 11.3 Å². The molecule has 3 heterocycles. The molecule has 0 spiro atoms. The maximum absolute atomic E-state index is 12.3. The summed E-state index contributed by atoms with van der Waals surface area (Å²) in [4.78, 5) is 25.4. The molecule has 0 saturated heterocycles. The van der Waals surface area contributed by atoms with Crippen LogP contribution in [0.5, 0.6) is 0 Å². The van der Waals surface area contributed by atoms with Crippen molar-refractivity contribution in [3.8, 4) is 10.6 Å². The van der Waals surface area contributed by atoms with Crippen LogP contribution in [0.1, 0.15) is 18.7 Å². The van der Waals surface area contributed by atoms with Gasteiger partial charge in [-0.1, -0.05) is 6.07 Å². The van der Waals surface area contributed by atoms with Gasteiger partial charge >= 0.3 is 0 Å². The van der Waals surface area contributed by atoms with E-state index in [1.54, 1.807) is 19.1 Å². The zero-order valence-electron chi connectivity index (χ0n) is 12.9. The third kappa shape index (κ3) is 3.23. The summed E-state index contributed by atoms with van der Waals surface area (Å²) >= 11 is 1.48. The molecule has 3 aromatic rings. The fraction of sp³-hybridized carbons (Fsp3) is 0.188. The highest BCUT2D eigenvalue weighted by atomic mass is 32.1. The number of hydrogen-bond donors (Lipinski definition) is 2. The van der Waals surface area contributed by atoms with Gasteiger partial charge in [0.1, 0.15) is 23.2 Å². The van der Waals surface area contributed by atoms with Crippen LogP contribution in [0.25, 0.3) is 10.6 Å². The lowest BCUT2D eigenvalue weighted by atomic mass is 10.2. The Morgan fingerprint density at radius 1 is 1.46 bits per heavy atom. The SMILES string of the molecule is CC(C(=O)NCc1ccco1)n1nc(-c2cccs2)cc(N)c1=O. The lowest BCUT2D eigenvalue weighted by Gasteiger charge is -2.15. The Morgan fingerprint density at radius 3 is 2.96 bits per heavy atom. The first-order valence-electron chi connectivity index (χ1n) is 7.29. The molecule has 8 heteroatoms. The van der Waals surface area contributed by atoms with E-state index in [0.29, 0.717) is 11.5 Å². The van der Waals surface area contributed by atoms with Crippen LogP contribution in [0, 0.1) is 0 Å². The van der Waals surface area contributed by atoms with Crippen LogP contribution >= 0.6 is 11.3 Å². The van der Waals surface area contributed by atoms with Crippen LogP contribution in [-0.4, -0.2) is 15.7 Å². The highest BCUT2D eigenvalue weighted by Gasteiger charge is 2.20. The molecular weight excluding hydrogens is 328 g/mol. The van der Waals surface area contributed by atoms with E-state index in [4.69, 9.17) is 10.2 Å². The molecule has 0 aromatic carbocycles. The highest BCUT2D eigenvalue weighted by molar-refractivity contribution is 7.13. The van der Waals surface area contributed by atoms with Crippen molar-refractivity contribution in [3.05, 3.63) is 58.1 Å². The summed E-state index contributed by atoms with van der Waals surface area (Å²) in [6.45, 7) is 1.84. The molecule has 24 heavy (non-hydrogen) atoms. The van der Waals surface area contributed by atoms with Crippen molar-refractivity contribution in [1.29, 1.82) is 0 Å². The summed E-state index contributed by atoms with van der Waals surface area (Å²) in [6.07, 6.45) is 1.53. The Hall–Kier alpha value is -2.87. The molecule has 0 fully saturated rings. The monoisotopic (exact) mass is 344 g/mol. The van der Waals surface area contributed by atoms with Gasteiger partial charge in [-0.3, -0.25) is 9.59 Å². The predicted molar refractivity (Wildman–Crippen MR) is 91.5 cm³/mol. The topological polar surface area (TPSA) is 103 Å². The third-order valence-corrected chi connectivity index (χ3v) is 4.39. The van der Waals surface area contributed by atoms with Gasteiger partial charge in [0.2, 0.25) is 5.91 Å². The van der Waals surface area contributed by atoms with Gasteiger partial charge in [-0.05, 0) is 36.6 Å². The molecule has 0 aliphatic rings. The van der Waals surface area contributed by atoms with Crippen LogP contribution < -0.4 is 16.6 Å². The van der Waals surface area contributed by atoms with Crippen molar-refractivity contribution in [2.75, 3.05) is 5.73 Å². The zero-order chi connectivity index (χ0) is 17.1. The Morgan fingerprint density at radius 2 is 2.29 bits per heavy atom. The highest BCUT2D eigenvalue weighted by Crippen LogP contribution is 2.23. The standard InChI is InChI=1S/C16H16N4O3S/c1-10(15(21)18-9-11-4-2-6-23-11)20-16(22)12(17)8-13(19-20)14-5-3-7-24-14/h2-8,10H,9,17H2,1H3,(H,18,21). The number of nitrogens with one attached hydrogen (secondary N) is 1. The molecule has 0 aliphatic heterocycles. The second kappa shape index (κ2) is 6.71. The number of nitrogens with zero attached hydrogens (tertiary/aromatic N) is 2. The number of nitrogens with two attached hydrogens (primary N) is 1. The lowest BCUT2D eigenvalue weighted by molar-refractivity contribution is -0.124. The minimum Gasteiger partial charge on any atom is -0.467 e. The number of hydrogen-bond acceptors (Lipinski definition) is 6. The Balaban J connectivity index is 1.84. The molecule has 124 valence electrons. The van der Waals surface area contributed by atoms with Crippen LogP contribution in [0.4, 0.5) is 5.69 Å². The van der Waals surface area contributed by atoms with Crippen molar-refractivity contribution >= 4 is 22.9 Å². The number of carbonyl (C=O) groups excluding carboxylic acids is 1. The van der Waals surface area contributed by atoms with Crippen molar-refractivity contribution in [3.63, 3.8) is 0 Å². The molecule has 3 N–H and O–H groups in total. The first-order chi connectivity index (χ1) is 11.6. The van der Waals surface area contributed by atoms with Crippen molar-refractivity contribution in [1.82, 2.24) is 15.1 Å². The first kappa shape index (κ1) is 16.0. The number of nitrogen functional groups attached to an aromatic ring is 1. The number of rotatable bonds is 5. The lowest BCUT2D eigenvalue weighted by Crippen LogP contribution is -2.37. The van der Waals surface area contributed by atoms with Crippen LogP contribution in [-0.2, 0) is 11.3 Å². The fourth-order valence-corrected chi connectivity index (χ4v) is 2.87. The van der Waals surface area contributed by atoms with E-state index in [1.807, 2.05) is 17.5 Å². The molecule has 3 aromatic heterocycles. The quantitative estimate of drug-likeness (QED) is 0.737. The molecule has 3 rings (SSSR count).